The number of rotatable bonds is 38. The Labute approximate surface area is 361 Å². The monoisotopic (exact) mass is 872 g/mol. The summed E-state index contributed by atoms with van der Waals surface area (Å²) in [6, 6.07) is 0. The summed E-state index contributed by atoms with van der Waals surface area (Å²) in [7, 11) is 0. The van der Waals surface area contributed by atoms with Gasteiger partial charge in [0.2, 0.25) is 0 Å². The van der Waals surface area contributed by atoms with Crippen molar-refractivity contribution < 1.29 is 0 Å². The van der Waals surface area contributed by atoms with Crippen LogP contribution in [-0.2, 0) is 0 Å². The summed E-state index contributed by atoms with van der Waals surface area (Å²) in [4.78, 5) is 0. The molecule has 8 heteroatoms. The molecule has 52 heavy (non-hydrogen) atoms. The summed E-state index contributed by atoms with van der Waals surface area (Å²) < 4.78 is 1.47. The third kappa shape index (κ3) is 19.6. The van der Waals surface area contributed by atoms with Gasteiger partial charge in [0.1, 0.15) is 13.6 Å². The van der Waals surface area contributed by atoms with Gasteiger partial charge < -0.3 is 0 Å². The van der Waals surface area contributed by atoms with Crippen LogP contribution < -0.4 is 0 Å². The first-order chi connectivity index (χ1) is 25.5. The zero-order chi connectivity index (χ0) is 37.1. The topological polar surface area (TPSA) is 0 Å². The van der Waals surface area contributed by atoms with E-state index < -0.39 is 0 Å². The normalized spacial score (nSPS) is 26.5. The van der Waals surface area contributed by atoms with E-state index in [0.29, 0.717) is 13.6 Å². The molecule has 0 spiro atoms. The van der Waals surface area contributed by atoms with E-state index in [1.165, 1.54) is 231 Å². The highest BCUT2D eigenvalue weighted by molar-refractivity contribution is 8.64. The summed E-state index contributed by atoms with van der Waals surface area (Å²) in [5.74, 6) is 1.67. The zero-order valence-corrected chi connectivity index (χ0v) is 40.5. The molecule has 308 valence electrons. The first-order valence-electron chi connectivity index (χ1n) is 22.8. The van der Waals surface area contributed by atoms with E-state index in [4.69, 9.17) is 23.2 Å². The summed E-state index contributed by atoms with van der Waals surface area (Å²) in [5, 5.41) is 0. The first kappa shape index (κ1) is 49.0. The molecule has 4 saturated heterocycles. The van der Waals surface area contributed by atoms with Gasteiger partial charge in [-0.05, 0) is 38.5 Å². The quantitative estimate of drug-likeness (QED) is 0.0445. The molecular weight excluding hydrogens is 792 g/mol. The Balaban J connectivity index is 1.65. The van der Waals surface area contributed by atoms with E-state index in [-0.39, 0.29) is 0 Å². The molecule has 0 unspecified atom stereocenters. The molecule has 4 aliphatic rings. The third-order valence-electron chi connectivity index (χ3n) is 11.3. The SMILES string of the molecule is CCCCCCCCCCC12SC3(CCCCCCCCCC)SC(CCCCCCCCCCCl)(S1)SC(CCCCCCCCCCCl)(S2)S3. The second kappa shape index (κ2) is 29.8. The minimum atomic E-state index is 0.366. The van der Waals surface area contributed by atoms with Crippen LogP contribution in [0.1, 0.15) is 245 Å². The van der Waals surface area contributed by atoms with Crippen LogP contribution in [0.25, 0.3) is 0 Å². The van der Waals surface area contributed by atoms with E-state index >= 15 is 0 Å². The molecule has 4 heterocycles. The number of hydrogen-bond acceptors (Lipinski definition) is 6. The maximum Gasteiger partial charge on any atom is 0.113 e. The molecule has 0 amide bonds. The Kier molecular flexibility index (Phi) is 28.1. The van der Waals surface area contributed by atoms with Crippen molar-refractivity contribution in [2.75, 3.05) is 11.8 Å². The Bertz CT molecular complexity index is 781. The number of hydrogen-bond donors (Lipinski definition) is 0. The van der Waals surface area contributed by atoms with E-state index in [2.05, 4.69) is 84.4 Å². The average molecular weight is 874 g/mol. The van der Waals surface area contributed by atoms with Crippen molar-refractivity contribution in [1.82, 2.24) is 0 Å². The van der Waals surface area contributed by atoms with Crippen molar-refractivity contribution in [2.45, 2.75) is 259 Å². The van der Waals surface area contributed by atoms with Gasteiger partial charge in [-0.2, -0.15) is 0 Å². The summed E-state index contributed by atoms with van der Waals surface area (Å²) >= 11 is 26.7. The maximum atomic E-state index is 5.92. The van der Waals surface area contributed by atoms with Gasteiger partial charge in [0.05, 0.1) is 0 Å². The molecule has 4 rings (SSSR count). The lowest BCUT2D eigenvalue weighted by Gasteiger charge is -2.67. The van der Waals surface area contributed by atoms with E-state index in [9.17, 15) is 0 Å². The fourth-order valence-corrected chi connectivity index (χ4v) is 30.4. The van der Waals surface area contributed by atoms with Gasteiger partial charge in [-0.1, -0.05) is 206 Å². The predicted molar refractivity (Wildman–Crippen MR) is 255 cm³/mol. The summed E-state index contributed by atoms with van der Waals surface area (Å²) in [6.07, 6.45) is 50.7. The van der Waals surface area contributed by atoms with Crippen molar-refractivity contribution >= 4 is 93.8 Å². The van der Waals surface area contributed by atoms with Crippen LogP contribution in [0, 0.1) is 0 Å². The maximum absolute atomic E-state index is 5.92. The number of unbranched alkanes of at least 4 members (excludes halogenated alkanes) is 28. The lowest BCUT2D eigenvalue weighted by molar-refractivity contribution is 0.558. The molecule has 4 aliphatic heterocycles. The Morgan fingerprint density at radius 1 is 0.250 bits per heavy atom. The molecule has 4 bridgehead atoms. The lowest BCUT2D eigenvalue weighted by atomic mass is 10.1. The molecule has 4 fully saturated rings. The van der Waals surface area contributed by atoms with E-state index in [0.717, 1.165) is 11.8 Å². The van der Waals surface area contributed by atoms with Crippen molar-refractivity contribution in [3.63, 3.8) is 0 Å². The fourth-order valence-electron chi connectivity index (χ4n) is 8.23. The molecule has 0 atom stereocenters. The van der Waals surface area contributed by atoms with Crippen molar-refractivity contribution in [3.8, 4) is 0 Å². The highest BCUT2D eigenvalue weighted by Gasteiger charge is 2.71. The minimum Gasteiger partial charge on any atom is -0.127 e. The minimum absolute atomic E-state index is 0.366. The molecule has 0 nitrogen and oxygen atoms in total. The smallest absolute Gasteiger partial charge is 0.113 e. The van der Waals surface area contributed by atoms with Gasteiger partial charge >= 0.3 is 0 Å². The number of alkyl halides is 2. The van der Waals surface area contributed by atoms with Gasteiger partial charge in [0, 0.05) is 11.8 Å². The standard InChI is InChI=1S/C44H82Cl2S6/c1-3-5-7-9-11-17-23-29-35-41-47-42(36-30-24-18-12-10-8-6-4-2)50-43(48-41,37-31-25-19-13-15-21-27-33-39-45)52-44(49-41,51-42)38-32-26-20-14-16-22-28-34-40-46/h3-40H2,1-2H3. The molecule has 0 saturated carbocycles. The van der Waals surface area contributed by atoms with Crippen LogP contribution in [0.2, 0.25) is 0 Å². The van der Waals surface area contributed by atoms with Crippen molar-refractivity contribution in [1.29, 1.82) is 0 Å². The van der Waals surface area contributed by atoms with Gasteiger partial charge in [-0.3, -0.25) is 0 Å². The second-order valence-corrected chi connectivity index (χ2v) is 29.8. The largest absolute Gasteiger partial charge is 0.127 e. The molecule has 0 aromatic heterocycles. The average Bonchev–Trinajstić information content (AvgIpc) is 3.12. The molecule has 0 aromatic rings. The molecule has 0 aliphatic carbocycles. The molecule has 0 N–H and O–H groups in total. The van der Waals surface area contributed by atoms with Crippen LogP contribution >= 0.6 is 93.8 Å². The number of thioether (sulfide) groups is 6. The van der Waals surface area contributed by atoms with Crippen LogP contribution in [-0.4, -0.2) is 25.4 Å². The predicted octanol–water partition coefficient (Wildman–Crippen LogP) is 19.6. The van der Waals surface area contributed by atoms with Crippen LogP contribution in [0.5, 0.6) is 0 Å². The molecule has 0 radical (unpaired) electrons. The first-order valence-corrected chi connectivity index (χ1v) is 28.8. The van der Waals surface area contributed by atoms with Crippen molar-refractivity contribution in [3.05, 3.63) is 0 Å². The van der Waals surface area contributed by atoms with Crippen LogP contribution in [0.15, 0.2) is 0 Å². The summed E-state index contributed by atoms with van der Waals surface area (Å²) in [6.45, 7) is 4.68. The van der Waals surface area contributed by atoms with Crippen LogP contribution in [0.3, 0.4) is 0 Å². The Hall–Kier alpha value is 2.68. The molecular formula is C44H82Cl2S6. The Morgan fingerprint density at radius 2 is 0.423 bits per heavy atom. The fraction of sp³-hybridized carbons (Fsp3) is 1.00. The van der Waals surface area contributed by atoms with E-state index in [1.807, 2.05) is 0 Å². The highest BCUT2D eigenvalue weighted by Crippen LogP contribution is 2.91. The van der Waals surface area contributed by atoms with Crippen LogP contribution in [0.4, 0.5) is 0 Å². The van der Waals surface area contributed by atoms with Crippen molar-refractivity contribution in [2.24, 2.45) is 0 Å². The molecule has 0 aromatic carbocycles. The number of halogens is 2. The van der Waals surface area contributed by atoms with E-state index in [1.54, 1.807) is 0 Å². The highest BCUT2D eigenvalue weighted by atomic mass is 35.5. The van der Waals surface area contributed by atoms with Gasteiger partial charge in [0.15, 0.2) is 0 Å². The lowest BCUT2D eigenvalue weighted by Crippen LogP contribution is -2.53. The Morgan fingerprint density at radius 3 is 0.615 bits per heavy atom. The third-order valence-corrected chi connectivity index (χ3v) is 24.0. The van der Waals surface area contributed by atoms with Gasteiger partial charge in [-0.25, -0.2) is 0 Å². The van der Waals surface area contributed by atoms with Gasteiger partial charge in [-0.15, -0.1) is 93.8 Å². The van der Waals surface area contributed by atoms with Gasteiger partial charge in [0.25, 0.3) is 0 Å². The second-order valence-electron chi connectivity index (χ2n) is 16.3. The zero-order valence-electron chi connectivity index (χ0n) is 34.1. The summed E-state index contributed by atoms with van der Waals surface area (Å²) in [5.41, 5.74) is 0.